The molecule has 0 bridgehead atoms. The molecule has 0 saturated heterocycles. The number of carbonyl (C=O) groups excluding carboxylic acids is 2. The summed E-state index contributed by atoms with van der Waals surface area (Å²) < 4.78 is 5.66. The highest BCUT2D eigenvalue weighted by molar-refractivity contribution is 6.30. The largest absolute Gasteiger partial charge is 0.394 e. The van der Waals surface area contributed by atoms with Crippen LogP contribution < -0.4 is 10.6 Å². The fourth-order valence-electron chi connectivity index (χ4n) is 2.43. The van der Waals surface area contributed by atoms with Crippen LogP contribution in [0.4, 0.5) is 0 Å². The molecule has 1 aliphatic heterocycles. The monoisotopic (exact) mass is 352 g/mol. The molecule has 130 valence electrons. The molecule has 3 N–H and O–H groups in total. The highest BCUT2D eigenvalue weighted by atomic mass is 35.5. The van der Waals surface area contributed by atoms with Crippen molar-refractivity contribution in [2.45, 2.75) is 38.1 Å². The molecule has 0 unspecified atom stereocenters. The lowest BCUT2D eigenvalue weighted by Gasteiger charge is -2.31. The standard InChI is InChI=1S/C17H21ClN2O4/c1-11(22)20-15-7-6-14(24-16(15)10-21)8-17(23)19-9-12-2-4-13(18)5-3-12/h2-7,14-16,21H,8-10H2,1H3,(H,19,23)(H,20,22)/t14-,15+,16+/m1/s1. The minimum absolute atomic E-state index is 0.146. The number of benzene rings is 1. The van der Waals surface area contributed by atoms with E-state index >= 15 is 0 Å². The zero-order valence-corrected chi connectivity index (χ0v) is 14.1. The molecule has 0 saturated carbocycles. The first-order valence-electron chi connectivity index (χ1n) is 7.71. The summed E-state index contributed by atoms with van der Waals surface area (Å²) in [6.07, 6.45) is 2.63. The van der Waals surface area contributed by atoms with Crippen LogP contribution in [0.25, 0.3) is 0 Å². The van der Waals surface area contributed by atoms with Gasteiger partial charge in [0, 0.05) is 18.5 Å². The van der Waals surface area contributed by atoms with Crippen molar-refractivity contribution in [3.05, 3.63) is 47.0 Å². The lowest BCUT2D eigenvalue weighted by molar-refractivity contribution is -0.127. The zero-order chi connectivity index (χ0) is 17.5. The van der Waals surface area contributed by atoms with E-state index in [9.17, 15) is 14.7 Å². The minimum Gasteiger partial charge on any atom is -0.394 e. The van der Waals surface area contributed by atoms with E-state index in [1.165, 1.54) is 6.92 Å². The second kappa shape index (κ2) is 8.82. The predicted octanol–water partition coefficient (Wildman–Crippen LogP) is 1.17. The number of aliphatic hydroxyl groups is 1. The lowest BCUT2D eigenvalue weighted by atomic mass is 10.0. The van der Waals surface area contributed by atoms with Crippen LogP contribution in [0.15, 0.2) is 36.4 Å². The molecule has 24 heavy (non-hydrogen) atoms. The highest BCUT2D eigenvalue weighted by Crippen LogP contribution is 2.16. The summed E-state index contributed by atoms with van der Waals surface area (Å²) in [6, 6.07) is 6.84. The normalized spacial score (nSPS) is 22.9. The maximum atomic E-state index is 12.0. The highest BCUT2D eigenvalue weighted by Gasteiger charge is 2.28. The van der Waals surface area contributed by atoms with Crippen molar-refractivity contribution < 1.29 is 19.4 Å². The molecule has 3 atom stereocenters. The van der Waals surface area contributed by atoms with E-state index in [4.69, 9.17) is 16.3 Å². The summed E-state index contributed by atoms with van der Waals surface area (Å²) in [4.78, 5) is 23.1. The Morgan fingerprint density at radius 3 is 2.58 bits per heavy atom. The zero-order valence-electron chi connectivity index (χ0n) is 13.4. The maximum absolute atomic E-state index is 12.0. The van der Waals surface area contributed by atoms with Crippen molar-refractivity contribution in [1.82, 2.24) is 10.6 Å². The van der Waals surface area contributed by atoms with Crippen molar-refractivity contribution in [2.24, 2.45) is 0 Å². The molecular weight excluding hydrogens is 332 g/mol. The first kappa shape index (κ1) is 18.4. The van der Waals surface area contributed by atoms with Gasteiger partial charge < -0.3 is 20.5 Å². The van der Waals surface area contributed by atoms with Crippen LogP contribution in [0.1, 0.15) is 18.9 Å². The van der Waals surface area contributed by atoms with Gasteiger partial charge in [-0.25, -0.2) is 0 Å². The van der Waals surface area contributed by atoms with Crippen molar-refractivity contribution in [1.29, 1.82) is 0 Å². The Bertz CT molecular complexity index is 603. The third-order valence-corrected chi connectivity index (χ3v) is 3.87. The predicted molar refractivity (Wildman–Crippen MR) is 90.4 cm³/mol. The topological polar surface area (TPSA) is 87.7 Å². The summed E-state index contributed by atoms with van der Waals surface area (Å²) in [7, 11) is 0. The third kappa shape index (κ3) is 5.63. The van der Waals surface area contributed by atoms with Crippen LogP contribution in [0.3, 0.4) is 0 Å². The van der Waals surface area contributed by atoms with Crippen LogP contribution >= 0.6 is 11.6 Å². The van der Waals surface area contributed by atoms with Crippen molar-refractivity contribution in [3.63, 3.8) is 0 Å². The summed E-state index contributed by atoms with van der Waals surface area (Å²) in [5.74, 6) is -0.361. The number of rotatable bonds is 6. The Morgan fingerprint density at radius 1 is 1.25 bits per heavy atom. The van der Waals surface area contributed by atoms with E-state index in [1.54, 1.807) is 24.3 Å². The molecule has 1 heterocycles. The van der Waals surface area contributed by atoms with Gasteiger partial charge in [-0.3, -0.25) is 9.59 Å². The number of nitrogens with one attached hydrogen (secondary N) is 2. The molecule has 0 spiro atoms. The summed E-state index contributed by atoms with van der Waals surface area (Å²) in [6.45, 7) is 1.57. The molecule has 1 aliphatic rings. The Labute approximate surface area is 145 Å². The average molecular weight is 353 g/mol. The summed E-state index contributed by atoms with van der Waals surface area (Å²) in [5, 5.41) is 15.5. The van der Waals surface area contributed by atoms with Crippen molar-refractivity contribution in [3.8, 4) is 0 Å². The maximum Gasteiger partial charge on any atom is 0.223 e. The first-order valence-corrected chi connectivity index (χ1v) is 8.08. The van der Waals surface area contributed by atoms with Crippen LogP contribution in [0.5, 0.6) is 0 Å². The van der Waals surface area contributed by atoms with Gasteiger partial charge >= 0.3 is 0 Å². The molecule has 2 amide bonds. The number of hydrogen-bond acceptors (Lipinski definition) is 4. The number of carbonyl (C=O) groups is 2. The van der Waals surface area contributed by atoms with E-state index in [2.05, 4.69) is 10.6 Å². The van der Waals surface area contributed by atoms with Crippen molar-refractivity contribution >= 4 is 23.4 Å². The number of hydrogen-bond donors (Lipinski definition) is 3. The fraction of sp³-hybridized carbons (Fsp3) is 0.412. The van der Waals surface area contributed by atoms with Gasteiger partial charge in [0.25, 0.3) is 0 Å². The van der Waals surface area contributed by atoms with Gasteiger partial charge in [-0.2, -0.15) is 0 Å². The quantitative estimate of drug-likeness (QED) is 0.671. The van der Waals surface area contributed by atoms with Gasteiger partial charge in [0.15, 0.2) is 0 Å². The van der Waals surface area contributed by atoms with Gasteiger partial charge in [0.2, 0.25) is 11.8 Å². The average Bonchev–Trinajstić information content (AvgIpc) is 2.55. The number of aliphatic hydroxyl groups excluding tert-OH is 1. The van der Waals surface area contributed by atoms with Gasteiger partial charge in [-0.15, -0.1) is 0 Å². The van der Waals surface area contributed by atoms with Gasteiger partial charge in [0.05, 0.1) is 25.2 Å². The Hall–Kier alpha value is -1.89. The smallest absolute Gasteiger partial charge is 0.223 e. The van der Waals surface area contributed by atoms with Gasteiger partial charge in [0.1, 0.15) is 6.10 Å². The van der Waals surface area contributed by atoms with Crippen LogP contribution in [-0.2, 0) is 20.9 Å². The summed E-state index contributed by atoms with van der Waals surface area (Å²) in [5.41, 5.74) is 0.951. The van der Waals surface area contributed by atoms with Crippen LogP contribution in [0.2, 0.25) is 5.02 Å². The molecule has 2 rings (SSSR count). The summed E-state index contributed by atoms with van der Waals surface area (Å²) >= 11 is 5.82. The molecule has 6 nitrogen and oxygen atoms in total. The molecule has 0 radical (unpaired) electrons. The molecule has 7 heteroatoms. The second-order valence-electron chi connectivity index (χ2n) is 5.61. The van der Waals surface area contributed by atoms with E-state index < -0.39 is 12.2 Å². The molecule has 0 aromatic heterocycles. The molecule has 0 fully saturated rings. The second-order valence-corrected chi connectivity index (χ2v) is 6.05. The number of ether oxygens (including phenoxy) is 1. The first-order chi connectivity index (χ1) is 11.5. The number of amides is 2. The van der Waals surface area contributed by atoms with Gasteiger partial charge in [-0.1, -0.05) is 35.9 Å². The molecule has 0 aliphatic carbocycles. The fourth-order valence-corrected chi connectivity index (χ4v) is 2.55. The van der Waals surface area contributed by atoms with Crippen LogP contribution in [-0.4, -0.2) is 41.8 Å². The van der Waals surface area contributed by atoms with Gasteiger partial charge in [-0.05, 0) is 17.7 Å². The molecular formula is C17H21ClN2O4. The minimum atomic E-state index is -0.562. The Balaban J connectivity index is 1.83. The van der Waals surface area contributed by atoms with E-state index in [1.807, 2.05) is 12.1 Å². The van der Waals surface area contributed by atoms with Crippen molar-refractivity contribution in [2.75, 3.05) is 6.61 Å². The Morgan fingerprint density at radius 2 is 1.96 bits per heavy atom. The SMILES string of the molecule is CC(=O)N[C@H]1C=C[C@H](CC(=O)NCc2ccc(Cl)cc2)O[C@H]1CO. The van der Waals surface area contributed by atoms with Crippen LogP contribution in [0, 0.1) is 0 Å². The third-order valence-electron chi connectivity index (χ3n) is 3.62. The Kier molecular flexibility index (Phi) is 6.78. The number of halogens is 1. The molecule has 1 aromatic carbocycles. The van der Waals surface area contributed by atoms with E-state index in [0.29, 0.717) is 11.6 Å². The van der Waals surface area contributed by atoms with E-state index in [0.717, 1.165) is 5.56 Å². The molecule has 1 aromatic rings. The lowest BCUT2D eigenvalue weighted by Crippen LogP contribution is -2.48. The van der Waals surface area contributed by atoms with E-state index in [-0.39, 0.29) is 30.9 Å².